The summed E-state index contributed by atoms with van der Waals surface area (Å²) in [7, 11) is 0. The summed E-state index contributed by atoms with van der Waals surface area (Å²) in [6.45, 7) is 10.1. The van der Waals surface area contributed by atoms with E-state index in [0.717, 1.165) is 12.1 Å². The largest absolute Gasteiger partial charge is 0.366 e. The molecule has 1 aromatic heterocycles. The molecule has 1 aromatic rings. The summed E-state index contributed by atoms with van der Waals surface area (Å²) in [5.41, 5.74) is 3.74. The van der Waals surface area contributed by atoms with E-state index in [1.165, 1.54) is 11.1 Å². The highest BCUT2D eigenvalue weighted by molar-refractivity contribution is 5.96. The Hall–Kier alpha value is -2.63. The Morgan fingerprint density at radius 3 is 2.69 bits per heavy atom. The second kappa shape index (κ2) is 8.65. The van der Waals surface area contributed by atoms with Crippen LogP contribution in [0.3, 0.4) is 0 Å². The quantitative estimate of drug-likeness (QED) is 0.729. The van der Waals surface area contributed by atoms with Gasteiger partial charge < -0.3 is 16.0 Å². The smallest absolute Gasteiger partial charge is 0.251 e. The average molecular weight is 356 g/mol. The number of nitrogens with one attached hydrogen (secondary N) is 3. The molecule has 1 aliphatic heterocycles. The zero-order valence-electron chi connectivity index (χ0n) is 16.1. The van der Waals surface area contributed by atoms with Crippen molar-refractivity contribution in [1.29, 1.82) is 0 Å². The van der Waals surface area contributed by atoms with E-state index in [-0.39, 0.29) is 23.8 Å². The number of nitrogens with zero attached hydrogens (tertiary/aromatic N) is 1. The molecule has 6 nitrogen and oxygen atoms in total. The van der Waals surface area contributed by atoms with Gasteiger partial charge in [-0.3, -0.25) is 14.6 Å². The van der Waals surface area contributed by atoms with E-state index in [0.29, 0.717) is 17.9 Å². The number of pyridine rings is 1. The Labute approximate surface area is 155 Å². The zero-order valence-corrected chi connectivity index (χ0v) is 16.1. The molecule has 140 valence electrons. The number of amides is 2. The lowest BCUT2D eigenvalue weighted by atomic mass is 10.1. The molecule has 3 N–H and O–H groups in total. The van der Waals surface area contributed by atoms with Gasteiger partial charge in [-0.15, -0.1) is 0 Å². The summed E-state index contributed by atoms with van der Waals surface area (Å²) in [6, 6.07) is 1.95. The maximum atomic E-state index is 12.5. The van der Waals surface area contributed by atoms with Gasteiger partial charge in [0.1, 0.15) is 5.82 Å². The van der Waals surface area contributed by atoms with Gasteiger partial charge in [-0.2, -0.15) is 0 Å². The van der Waals surface area contributed by atoms with E-state index >= 15 is 0 Å². The van der Waals surface area contributed by atoms with Gasteiger partial charge in [0.05, 0.1) is 12.2 Å². The van der Waals surface area contributed by atoms with Gasteiger partial charge in [0.15, 0.2) is 0 Å². The van der Waals surface area contributed by atoms with Gasteiger partial charge in [0, 0.05) is 23.7 Å². The number of rotatable bonds is 6. The van der Waals surface area contributed by atoms with Crippen LogP contribution in [0.5, 0.6) is 0 Å². The van der Waals surface area contributed by atoms with Crippen LogP contribution in [0.25, 0.3) is 0 Å². The van der Waals surface area contributed by atoms with Crippen molar-refractivity contribution in [2.24, 2.45) is 5.92 Å². The van der Waals surface area contributed by atoms with Crippen molar-refractivity contribution < 1.29 is 9.59 Å². The number of hydrogen-bond acceptors (Lipinski definition) is 4. The standard InChI is InChI=1S/C20H28N4O2/c1-6-15-10-21-17(7-13(15)4)11-22-20(26)16-8-14(5)23-18(9-16)24-19(25)12(2)3/h7-10,12,14,23H,6,11H2,1-5H3,(H,22,26)(H,24,25)/t14-/m0/s1. The summed E-state index contributed by atoms with van der Waals surface area (Å²) in [5, 5.41) is 8.84. The van der Waals surface area contributed by atoms with Gasteiger partial charge >= 0.3 is 0 Å². The molecular weight excluding hydrogens is 328 g/mol. The zero-order chi connectivity index (χ0) is 19.3. The molecule has 2 amide bonds. The maximum Gasteiger partial charge on any atom is 0.251 e. The molecule has 0 aromatic carbocycles. The van der Waals surface area contributed by atoms with Crippen LogP contribution in [-0.4, -0.2) is 22.8 Å². The topological polar surface area (TPSA) is 83.1 Å². The predicted molar refractivity (Wildman–Crippen MR) is 102 cm³/mol. The molecule has 1 atom stereocenters. The maximum absolute atomic E-state index is 12.5. The van der Waals surface area contributed by atoms with Gasteiger partial charge in [0.25, 0.3) is 5.91 Å². The summed E-state index contributed by atoms with van der Waals surface area (Å²) in [6.07, 6.45) is 6.30. The highest BCUT2D eigenvalue weighted by Gasteiger charge is 2.18. The molecule has 0 spiro atoms. The van der Waals surface area contributed by atoms with Crippen LogP contribution < -0.4 is 16.0 Å². The second-order valence-electron chi connectivity index (χ2n) is 6.90. The summed E-state index contributed by atoms with van der Waals surface area (Å²) < 4.78 is 0. The minimum absolute atomic E-state index is 0.0487. The lowest BCUT2D eigenvalue weighted by molar-refractivity contribution is -0.123. The van der Waals surface area contributed by atoms with Crippen molar-refractivity contribution in [2.45, 2.75) is 53.6 Å². The van der Waals surface area contributed by atoms with E-state index < -0.39 is 0 Å². The Morgan fingerprint density at radius 1 is 1.35 bits per heavy atom. The second-order valence-corrected chi connectivity index (χ2v) is 6.90. The molecule has 0 radical (unpaired) electrons. The van der Waals surface area contributed by atoms with Crippen molar-refractivity contribution in [1.82, 2.24) is 20.9 Å². The minimum atomic E-state index is -0.186. The van der Waals surface area contributed by atoms with E-state index in [1.807, 2.05) is 39.1 Å². The summed E-state index contributed by atoms with van der Waals surface area (Å²) in [5.74, 6) is 0.142. The first-order chi connectivity index (χ1) is 12.3. The molecule has 1 aliphatic rings. The van der Waals surface area contributed by atoms with Gasteiger partial charge in [0.2, 0.25) is 5.91 Å². The first-order valence-electron chi connectivity index (χ1n) is 9.03. The summed E-state index contributed by atoms with van der Waals surface area (Å²) in [4.78, 5) is 28.8. The lowest BCUT2D eigenvalue weighted by Gasteiger charge is -2.22. The fraction of sp³-hybridized carbons (Fsp3) is 0.450. The average Bonchev–Trinajstić information content (AvgIpc) is 2.59. The fourth-order valence-electron chi connectivity index (χ4n) is 2.67. The van der Waals surface area contributed by atoms with E-state index in [4.69, 9.17) is 0 Å². The molecule has 0 fully saturated rings. The van der Waals surface area contributed by atoms with Gasteiger partial charge in [-0.05, 0) is 49.6 Å². The molecular formula is C20H28N4O2. The van der Waals surface area contributed by atoms with Crippen LogP contribution >= 0.6 is 0 Å². The Kier molecular flexibility index (Phi) is 6.55. The number of aryl methyl sites for hydroxylation is 2. The summed E-state index contributed by atoms with van der Waals surface area (Å²) >= 11 is 0. The van der Waals surface area contributed by atoms with Gasteiger partial charge in [-0.1, -0.05) is 20.8 Å². The monoisotopic (exact) mass is 356 g/mol. The normalized spacial score (nSPS) is 16.5. The number of carbonyl (C=O) groups is 2. The van der Waals surface area contributed by atoms with Gasteiger partial charge in [-0.25, -0.2) is 0 Å². The lowest BCUT2D eigenvalue weighted by Crippen LogP contribution is -2.40. The van der Waals surface area contributed by atoms with Crippen molar-refractivity contribution in [3.05, 3.63) is 52.6 Å². The van der Waals surface area contributed by atoms with E-state index in [2.05, 4.69) is 34.8 Å². The third-order valence-corrected chi connectivity index (χ3v) is 4.24. The molecule has 2 rings (SSSR count). The number of dihydropyridines is 1. The number of aromatic nitrogens is 1. The van der Waals surface area contributed by atoms with Crippen molar-refractivity contribution >= 4 is 11.8 Å². The Bertz CT molecular complexity index is 750. The molecule has 2 heterocycles. The van der Waals surface area contributed by atoms with Crippen LogP contribution in [0.15, 0.2) is 35.8 Å². The molecule has 0 unspecified atom stereocenters. The molecule has 0 aliphatic carbocycles. The van der Waals surface area contributed by atoms with Crippen LogP contribution in [0.1, 0.15) is 44.5 Å². The first kappa shape index (κ1) is 19.7. The molecule has 26 heavy (non-hydrogen) atoms. The van der Waals surface area contributed by atoms with Crippen molar-refractivity contribution in [2.75, 3.05) is 0 Å². The number of hydrogen-bond donors (Lipinski definition) is 3. The van der Waals surface area contributed by atoms with Crippen molar-refractivity contribution in [3.63, 3.8) is 0 Å². The fourth-order valence-corrected chi connectivity index (χ4v) is 2.67. The highest BCUT2D eigenvalue weighted by atomic mass is 16.2. The molecule has 0 saturated carbocycles. The number of carbonyl (C=O) groups excluding carboxylic acids is 2. The SMILES string of the molecule is CCc1cnc(CNC(=O)C2=C[C@H](C)NC(NC(=O)C(C)C)=C2)cc1C. The van der Waals surface area contributed by atoms with Crippen molar-refractivity contribution in [3.8, 4) is 0 Å². The van der Waals surface area contributed by atoms with Crippen LogP contribution in [-0.2, 0) is 22.6 Å². The third-order valence-electron chi connectivity index (χ3n) is 4.24. The Morgan fingerprint density at radius 2 is 2.08 bits per heavy atom. The molecule has 0 bridgehead atoms. The van der Waals surface area contributed by atoms with Crippen LogP contribution in [0.2, 0.25) is 0 Å². The predicted octanol–water partition coefficient (Wildman–Crippen LogP) is 2.10. The molecule has 0 saturated heterocycles. The van der Waals surface area contributed by atoms with E-state index in [1.54, 1.807) is 6.08 Å². The van der Waals surface area contributed by atoms with Crippen LogP contribution in [0.4, 0.5) is 0 Å². The third kappa shape index (κ3) is 5.18. The van der Waals surface area contributed by atoms with Crippen LogP contribution in [0, 0.1) is 12.8 Å². The molecule has 6 heteroatoms. The van der Waals surface area contributed by atoms with E-state index in [9.17, 15) is 9.59 Å². The highest BCUT2D eigenvalue weighted by Crippen LogP contribution is 2.11. The Balaban J connectivity index is 2.02. The first-order valence-corrected chi connectivity index (χ1v) is 9.03. The minimum Gasteiger partial charge on any atom is -0.366 e.